The van der Waals surface area contributed by atoms with Gasteiger partial charge in [0.25, 0.3) is 0 Å². The lowest BCUT2D eigenvalue weighted by molar-refractivity contribution is -0.134. The first-order valence-corrected chi connectivity index (χ1v) is 10.3. The van der Waals surface area contributed by atoms with E-state index in [1.165, 1.54) is 13.2 Å². The normalized spacial score (nSPS) is 11.0. The van der Waals surface area contributed by atoms with Gasteiger partial charge in [-0.3, -0.25) is 0 Å². The summed E-state index contributed by atoms with van der Waals surface area (Å²) in [5.41, 5.74) is 3.32. The molecule has 6 nitrogen and oxygen atoms in total. The van der Waals surface area contributed by atoms with Crippen molar-refractivity contribution in [3.63, 3.8) is 0 Å². The number of carbonyl (C=O) groups excluding carboxylic acids is 1. The predicted octanol–water partition coefficient (Wildman–Crippen LogP) is 5.88. The molecule has 0 saturated carbocycles. The van der Waals surface area contributed by atoms with E-state index in [0.29, 0.717) is 35.2 Å². The van der Waals surface area contributed by atoms with Crippen molar-refractivity contribution in [3.8, 4) is 28.6 Å². The van der Waals surface area contributed by atoms with Gasteiger partial charge in [0.15, 0.2) is 22.8 Å². The molecular weight excluding hydrogens is 420 g/mol. The number of benzene rings is 3. The molecule has 0 unspecified atom stereocenters. The van der Waals surface area contributed by atoms with Crippen LogP contribution in [0.25, 0.3) is 28.4 Å². The molecule has 0 radical (unpaired) electrons. The lowest BCUT2D eigenvalue weighted by atomic mass is 10.1. The number of rotatable bonds is 8. The Hall–Kier alpha value is -4.19. The van der Waals surface area contributed by atoms with Crippen LogP contribution in [0.15, 0.2) is 77.2 Å². The van der Waals surface area contributed by atoms with E-state index in [0.717, 1.165) is 22.1 Å². The molecule has 168 valence electrons. The Balaban J connectivity index is 1.63. The van der Waals surface area contributed by atoms with Gasteiger partial charge in [-0.2, -0.15) is 0 Å². The van der Waals surface area contributed by atoms with Crippen molar-refractivity contribution in [2.24, 2.45) is 0 Å². The standard InChI is InChI=1S/C27H24O6/c1-29-24-15-20(10-11-22(24)32-17-18-7-5-4-6-8-18)23-16-21-13-19(9-12-26(28)31-3)14-25(30-2)27(21)33-23/h4-16H,17H2,1-3H3/b12-9+. The fourth-order valence-electron chi connectivity index (χ4n) is 3.44. The maximum atomic E-state index is 11.4. The summed E-state index contributed by atoms with van der Waals surface area (Å²) in [5.74, 6) is 2.05. The van der Waals surface area contributed by atoms with Gasteiger partial charge in [-0.1, -0.05) is 30.3 Å². The van der Waals surface area contributed by atoms with Crippen LogP contribution >= 0.6 is 0 Å². The molecule has 0 aliphatic heterocycles. The highest BCUT2D eigenvalue weighted by atomic mass is 16.5. The van der Waals surface area contributed by atoms with Gasteiger partial charge in [-0.25, -0.2) is 4.79 Å². The minimum absolute atomic E-state index is 0.427. The van der Waals surface area contributed by atoms with E-state index in [4.69, 9.17) is 18.6 Å². The van der Waals surface area contributed by atoms with E-state index in [1.54, 1.807) is 26.4 Å². The number of fused-ring (bicyclic) bond motifs is 1. The quantitative estimate of drug-likeness (QED) is 0.250. The molecule has 3 aromatic carbocycles. The fraction of sp³-hybridized carbons (Fsp3) is 0.148. The zero-order valence-corrected chi connectivity index (χ0v) is 18.7. The van der Waals surface area contributed by atoms with Crippen molar-refractivity contribution in [2.45, 2.75) is 6.61 Å². The number of hydrogen-bond donors (Lipinski definition) is 0. The summed E-state index contributed by atoms with van der Waals surface area (Å²) in [7, 11) is 4.52. The SMILES string of the molecule is COC(=O)/C=C/c1cc(OC)c2oc(-c3ccc(OCc4ccccc4)c(OC)c3)cc2c1. The molecule has 6 heteroatoms. The molecule has 33 heavy (non-hydrogen) atoms. The topological polar surface area (TPSA) is 67.1 Å². The van der Waals surface area contributed by atoms with E-state index in [-0.39, 0.29) is 0 Å². The van der Waals surface area contributed by atoms with Crippen molar-refractivity contribution < 1.29 is 28.2 Å². The van der Waals surface area contributed by atoms with Gasteiger partial charge in [0.2, 0.25) is 0 Å². The molecule has 4 aromatic rings. The molecule has 1 heterocycles. The van der Waals surface area contributed by atoms with Gasteiger partial charge in [0, 0.05) is 17.0 Å². The van der Waals surface area contributed by atoms with Gasteiger partial charge in [-0.15, -0.1) is 0 Å². The van der Waals surface area contributed by atoms with E-state index in [2.05, 4.69) is 4.74 Å². The van der Waals surface area contributed by atoms with Crippen LogP contribution in [0.5, 0.6) is 17.2 Å². The Morgan fingerprint density at radius 2 is 1.67 bits per heavy atom. The first-order valence-electron chi connectivity index (χ1n) is 10.3. The minimum Gasteiger partial charge on any atom is -0.493 e. The molecule has 1 aromatic heterocycles. The number of furan rings is 1. The third-order valence-corrected chi connectivity index (χ3v) is 5.12. The smallest absolute Gasteiger partial charge is 0.330 e. The van der Waals surface area contributed by atoms with Crippen molar-refractivity contribution in [1.29, 1.82) is 0 Å². The van der Waals surface area contributed by atoms with E-state index < -0.39 is 5.97 Å². The van der Waals surface area contributed by atoms with Gasteiger partial charge >= 0.3 is 5.97 Å². The number of hydrogen-bond acceptors (Lipinski definition) is 6. The Bertz CT molecular complexity index is 1290. The maximum Gasteiger partial charge on any atom is 0.330 e. The summed E-state index contributed by atoms with van der Waals surface area (Å²) >= 11 is 0. The summed E-state index contributed by atoms with van der Waals surface area (Å²) in [5, 5.41) is 0.845. The second-order valence-corrected chi connectivity index (χ2v) is 7.25. The highest BCUT2D eigenvalue weighted by Crippen LogP contribution is 2.38. The molecule has 0 aliphatic carbocycles. The second kappa shape index (κ2) is 9.96. The molecule has 0 saturated heterocycles. The maximum absolute atomic E-state index is 11.4. The number of esters is 1. The number of methoxy groups -OCH3 is 3. The van der Waals surface area contributed by atoms with Gasteiger partial charge in [0.05, 0.1) is 21.3 Å². The summed E-state index contributed by atoms with van der Waals surface area (Å²) in [4.78, 5) is 11.4. The van der Waals surface area contributed by atoms with Crippen molar-refractivity contribution in [3.05, 3.63) is 83.9 Å². The number of ether oxygens (including phenoxy) is 4. The van der Waals surface area contributed by atoms with Crippen molar-refractivity contribution in [1.82, 2.24) is 0 Å². The van der Waals surface area contributed by atoms with Crippen LogP contribution in [0.4, 0.5) is 0 Å². The van der Waals surface area contributed by atoms with E-state index >= 15 is 0 Å². The first kappa shape index (κ1) is 22.0. The molecule has 0 aliphatic rings. The first-order chi connectivity index (χ1) is 16.1. The van der Waals surface area contributed by atoms with E-state index in [1.807, 2.05) is 60.7 Å². The number of carbonyl (C=O) groups is 1. The Kier molecular flexibility index (Phi) is 6.64. The third kappa shape index (κ3) is 5.01. The average Bonchev–Trinajstić information content (AvgIpc) is 3.30. The molecule has 0 N–H and O–H groups in total. The summed E-state index contributed by atoms with van der Waals surface area (Å²) in [6.07, 6.45) is 3.03. The molecular formula is C27H24O6. The minimum atomic E-state index is -0.427. The van der Waals surface area contributed by atoms with Crippen LogP contribution in [-0.4, -0.2) is 27.3 Å². The van der Waals surface area contributed by atoms with Crippen LogP contribution in [0.1, 0.15) is 11.1 Å². The molecule has 0 bridgehead atoms. The highest BCUT2D eigenvalue weighted by molar-refractivity contribution is 5.92. The van der Waals surface area contributed by atoms with Crippen molar-refractivity contribution >= 4 is 23.0 Å². The molecule has 0 fully saturated rings. The molecule has 0 amide bonds. The summed E-state index contributed by atoms with van der Waals surface area (Å²) in [6.45, 7) is 0.445. The van der Waals surface area contributed by atoms with Crippen LogP contribution in [0.3, 0.4) is 0 Å². The largest absolute Gasteiger partial charge is 0.493 e. The van der Waals surface area contributed by atoms with E-state index in [9.17, 15) is 4.79 Å². The molecule has 0 atom stereocenters. The Morgan fingerprint density at radius 3 is 2.39 bits per heavy atom. The van der Waals surface area contributed by atoms with Crippen LogP contribution in [-0.2, 0) is 16.1 Å². The third-order valence-electron chi connectivity index (χ3n) is 5.12. The van der Waals surface area contributed by atoms with Crippen LogP contribution < -0.4 is 14.2 Å². The zero-order chi connectivity index (χ0) is 23.2. The van der Waals surface area contributed by atoms with Gasteiger partial charge in [0.1, 0.15) is 12.4 Å². The predicted molar refractivity (Wildman–Crippen MR) is 127 cm³/mol. The van der Waals surface area contributed by atoms with Gasteiger partial charge in [-0.05, 0) is 53.6 Å². The molecule has 4 rings (SSSR count). The lowest BCUT2D eigenvalue weighted by Gasteiger charge is -2.11. The summed E-state index contributed by atoms with van der Waals surface area (Å²) < 4.78 is 27.8. The Morgan fingerprint density at radius 1 is 0.879 bits per heavy atom. The second-order valence-electron chi connectivity index (χ2n) is 7.25. The highest BCUT2D eigenvalue weighted by Gasteiger charge is 2.14. The fourth-order valence-corrected chi connectivity index (χ4v) is 3.44. The lowest BCUT2D eigenvalue weighted by Crippen LogP contribution is -1.97. The zero-order valence-electron chi connectivity index (χ0n) is 18.7. The Labute approximate surface area is 192 Å². The van der Waals surface area contributed by atoms with Crippen molar-refractivity contribution in [2.75, 3.05) is 21.3 Å². The van der Waals surface area contributed by atoms with Crippen LogP contribution in [0, 0.1) is 0 Å². The van der Waals surface area contributed by atoms with Crippen LogP contribution in [0.2, 0.25) is 0 Å². The van der Waals surface area contributed by atoms with Gasteiger partial charge < -0.3 is 23.4 Å². The summed E-state index contributed by atoms with van der Waals surface area (Å²) in [6, 6.07) is 21.3. The molecule has 0 spiro atoms. The average molecular weight is 444 g/mol. The monoisotopic (exact) mass is 444 g/mol.